The molecule has 3 aromatic rings. The lowest BCUT2D eigenvalue weighted by atomic mass is 10.1. The molecule has 3 aromatic carbocycles. The first-order valence-corrected chi connectivity index (χ1v) is 11.2. The average molecular weight is 449 g/mol. The van der Waals surface area contributed by atoms with Crippen molar-refractivity contribution in [3.05, 3.63) is 94.0 Å². The van der Waals surface area contributed by atoms with Gasteiger partial charge < -0.3 is 5.32 Å². The molecule has 0 unspecified atom stereocenters. The summed E-state index contributed by atoms with van der Waals surface area (Å²) in [6.45, 7) is 0.123. The number of benzene rings is 3. The van der Waals surface area contributed by atoms with E-state index in [4.69, 9.17) is 23.2 Å². The highest BCUT2D eigenvalue weighted by molar-refractivity contribution is 7.92. The van der Waals surface area contributed by atoms with Crippen molar-refractivity contribution in [1.82, 2.24) is 0 Å². The lowest BCUT2D eigenvalue weighted by Gasteiger charge is -2.22. The zero-order valence-electron chi connectivity index (χ0n) is 15.5. The van der Waals surface area contributed by atoms with Gasteiger partial charge in [0.25, 0.3) is 5.91 Å². The van der Waals surface area contributed by atoms with E-state index < -0.39 is 10.0 Å². The fourth-order valence-corrected chi connectivity index (χ4v) is 3.89. The summed E-state index contributed by atoms with van der Waals surface area (Å²) >= 11 is 11.8. The van der Waals surface area contributed by atoms with Gasteiger partial charge in [0.15, 0.2) is 0 Å². The van der Waals surface area contributed by atoms with Crippen LogP contribution in [0.4, 0.5) is 11.4 Å². The van der Waals surface area contributed by atoms with Gasteiger partial charge in [-0.05, 0) is 60.2 Å². The molecule has 3 rings (SSSR count). The molecule has 0 bridgehead atoms. The van der Waals surface area contributed by atoms with Crippen molar-refractivity contribution in [3.63, 3.8) is 0 Å². The second-order valence-corrected chi connectivity index (χ2v) is 9.19. The van der Waals surface area contributed by atoms with Crippen molar-refractivity contribution >= 4 is 50.5 Å². The predicted octanol–water partition coefficient (Wildman–Crippen LogP) is 5.21. The first kappa shape index (κ1) is 21.2. The second-order valence-electron chi connectivity index (χ2n) is 6.41. The Kier molecular flexibility index (Phi) is 6.47. The molecule has 0 saturated carbocycles. The number of amides is 1. The number of carbonyl (C=O) groups is 1. The summed E-state index contributed by atoms with van der Waals surface area (Å²) in [5.41, 5.74) is 2.30. The van der Waals surface area contributed by atoms with Crippen LogP contribution in [0.1, 0.15) is 15.9 Å². The Balaban J connectivity index is 1.76. The summed E-state index contributed by atoms with van der Waals surface area (Å²) in [5, 5.41) is 3.82. The molecule has 0 atom stereocenters. The molecule has 8 heteroatoms. The first-order valence-electron chi connectivity index (χ1n) is 8.61. The maximum Gasteiger partial charge on any atom is 0.255 e. The maximum atomic E-state index is 12.4. The fraction of sp³-hybridized carbons (Fsp3) is 0.0952. The third-order valence-electron chi connectivity index (χ3n) is 4.14. The van der Waals surface area contributed by atoms with Gasteiger partial charge in [0.2, 0.25) is 10.0 Å². The number of nitrogens with one attached hydrogen (secondary N) is 1. The van der Waals surface area contributed by atoms with E-state index in [1.54, 1.807) is 72.8 Å². The van der Waals surface area contributed by atoms with Crippen LogP contribution < -0.4 is 9.62 Å². The Morgan fingerprint density at radius 2 is 1.59 bits per heavy atom. The van der Waals surface area contributed by atoms with Gasteiger partial charge >= 0.3 is 0 Å². The zero-order chi connectivity index (χ0) is 21.0. The summed E-state index contributed by atoms with van der Waals surface area (Å²) in [6, 6.07) is 20.2. The van der Waals surface area contributed by atoms with Crippen LogP contribution in [0.2, 0.25) is 10.0 Å². The van der Waals surface area contributed by atoms with Crippen LogP contribution in [-0.4, -0.2) is 20.6 Å². The summed E-state index contributed by atoms with van der Waals surface area (Å²) in [4.78, 5) is 12.4. The van der Waals surface area contributed by atoms with Crippen molar-refractivity contribution in [3.8, 4) is 0 Å². The quantitative estimate of drug-likeness (QED) is 0.562. The van der Waals surface area contributed by atoms with Crippen molar-refractivity contribution in [2.75, 3.05) is 15.9 Å². The molecule has 29 heavy (non-hydrogen) atoms. The molecular weight excluding hydrogens is 431 g/mol. The van der Waals surface area contributed by atoms with E-state index in [-0.39, 0.29) is 12.5 Å². The van der Waals surface area contributed by atoms with Gasteiger partial charge in [-0.3, -0.25) is 9.10 Å². The third-order valence-corrected chi connectivity index (χ3v) is 5.77. The average Bonchev–Trinajstić information content (AvgIpc) is 2.67. The molecule has 0 aliphatic carbocycles. The number of sulfonamides is 1. The standard InChI is InChI=1S/C21H18Cl2N2O3S/c1-29(27,28)25(20-4-2-3-18(23)13-20)14-15-5-7-16(8-6-15)21(26)24-19-11-9-17(22)10-12-19/h2-13H,14H2,1H3,(H,24,26). The molecule has 1 N–H and O–H groups in total. The number of hydrogen-bond donors (Lipinski definition) is 1. The fourth-order valence-electron chi connectivity index (χ4n) is 2.70. The minimum absolute atomic E-state index is 0.123. The van der Waals surface area contributed by atoms with Gasteiger partial charge in [-0.1, -0.05) is 41.4 Å². The highest BCUT2D eigenvalue weighted by atomic mass is 35.5. The molecule has 0 radical (unpaired) electrons. The summed E-state index contributed by atoms with van der Waals surface area (Å²) < 4.78 is 25.8. The van der Waals surface area contributed by atoms with E-state index in [0.717, 1.165) is 11.8 Å². The Morgan fingerprint density at radius 1 is 0.931 bits per heavy atom. The molecule has 150 valence electrons. The van der Waals surface area contributed by atoms with Gasteiger partial charge in [0, 0.05) is 21.3 Å². The topological polar surface area (TPSA) is 66.5 Å². The molecule has 0 aliphatic rings. The van der Waals surface area contributed by atoms with Gasteiger partial charge in [0.05, 0.1) is 18.5 Å². The van der Waals surface area contributed by atoms with E-state index in [1.165, 1.54) is 4.31 Å². The molecule has 0 aliphatic heterocycles. The summed E-state index contributed by atoms with van der Waals surface area (Å²) in [6.07, 6.45) is 1.14. The molecule has 0 heterocycles. The van der Waals surface area contributed by atoms with E-state index >= 15 is 0 Å². The number of halogens is 2. The largest absolute Gasteiger partial charge is 0.322 e. The number of carbonyl (C=O) groups excluding carboxylic acids is 1. The Labute approximate surface area is 179 Å². The molecule has 1 amide bonds. The lowest BCUT2D eigenvalue weighted by Crippen LogP contribution is -2.29. The van der Waals surface area contributed by atoms with Crippen molar-refractivity contribution in [2.45, 2.75) is 6.54 Å². The zero-order valence-corrected chi connectivity index (χ0v) is 17.8. The second kappa shape index (κ2) is 8.86. The van der Waals surface area contributed by atoms with Crippen LogP contribution in [0.15, 0.2) is 72.8 Å². The number of nitrogens with zero attached hydrogens (tertiary/aromatic N) is 1. The van der Waals surface area contributed by atoms with Crippen molar-refractivity contribution in [2.24, 2.45) is 0 Å². The summed E-state index contributed by atoms with van der Waals surface area (Å²) in [7, 11) is -3.52. The minimum atomic E-state index is -3.52. The lowest BCUT2D eigenvalue weighted by molar-refractivity contribution is 0.102. The molecule has 0 aromatic heterocycles. The Bertz CT molecular complexity index is 1120. The molecular formula is C21H18Cl2N2O3S. The van der Waals surface area contributed by atoms with E-state index in [2.05, 4.69) is 5.32 Å². The van der Waals surface area contributed by atoms with Crippen LogP contribution in [0, 0.1) is 0 Å². The van der Waals surface area contributed by atoms with E-state index in [9.17, 15) is 13.2 Å². The maximum absolute atomic E-state index is 12.4. The van der Waals surface area contributed by atoms with Gasteiger partial charge in [-0.15, -0.1) is 0 Å². The van der Waals surface area contributed by atoms with Crippen molar-refractivity contribution in [1.29, 1.82) is 0 Å². The molecule has 5 nitrogen and oxygen atoms in total. The number of hydrogen-bond acceptors (Lipinski definition) is 3. The minimum Gasteiger partial charge on any atom is -0.322 e. The predicted molar refractivity (Wildman–Crippen MR) is 118 cm³/mol. The van der Waals surface area contributed by atoms with Crippen LogP contribution in [0.25, 0.3) is 0 Å². The number of rotatable bonds is 6. The van der Waals surface area contributed by atoms with Crippen LogP contribution in [0.3, 0.4) is 0 Å². The van der Waals surface area contributed by atoms with Crippen LogP contribution in [0.5, 0.6) is 0 Å². The smallest absolute Gasteiger partial charge is 0.255 e. The molecule has 0 saturated heterocycles. The third kappa shape index (κ3) is 5.73. The van der Waals surface area contributed by atoms with Gasteiger partial charge in [-0.25, -0.2) is 8.42 Å². The highest BCUT2D eigenvalue weighted by Gasteiger charge is 2.18. The van der Waals surface area contributed by atoms with E-state index in [1.807, 2.05) is 0 Å². The first-order chi connectivity index (χ1) is 13.7. The SMILES string of the molecule is CS(=O)(=O)N(Cc1ccc(C(=O)Nc2ccc(Cl)cc2)cc1)c1cccc(Cl)c1. The monoisotopic (exact) mass is 448 g/mol. The van der Waals surface area contributed by atoms with Crippen LogP contribution >= 0.6 is 23.2 Å². The van der Waals surface area contributed by atoms with Gasteiger partial charge in [0.1, 0.15) is 0 Å². The van der Waals surface area contributed by atoms with Crippen LogP contribution in [-0.2, 0) is 16.6 Å². The Morgan fingerprint density at radius 3 is 2.17 bits per heavy atom. The molecule has 0 fully saturated rings. The Hall–Kier alpha value is -2.54. The van der Waals surface area contributed by atoms with Crippen molar-refractivity contribution < 1.29 is 13.2 Å². The van der Waals surface area contributed by atoms with E-state index in [0.29, 0.717) is 27.0 Å². The highest BCUT2D eigenvalue weighted by Crippen LogP contribution is 2.24. The molecule has 0 spiro atoms. The normalized spacial score (nSPS) is 11.1. The summed E-state index contributed by atoms with van der Waals surface area (Å²) in [5.74, 6) is -0.270. The number of anilines is 2. The van der Waals surface area contributed by atoms with Gasteiger partial charge in [-0.2, -0.15) is 0 Å².